The summed E-state index contributed by atoms with van der Waals surface area (Å²) in [6, 6.07) is 14.4. The molecule has 3 rings (SSSR count). The van der Waals surface area contributed by atoms with Gasteiger partial charge in [0.2, 0.25) is 5.91 Å². The molecule has 1 heterocycles. The summed E-state index contributed by atoms with van der Waals surface area (Å²) < 4.78 is 40.1. The van der Waals surface area contributed by atoms with Gasteiger partial charge in [-0.3, -0.25) is 14.4 Å². The van der Waals surface area contributed by atoms with Gasteiger partial charge in [0.25, 0.3) is 11.5 Å². The van der Waals surface area contributed by atoms with Crippen LogP contribution in [0.1, 0.15) is 21.6 Å². The molecule has 0 bridgehead atoms. The number of aromatic nitrogens is 2. The summed E-state index contributed by atoms with van der Waals surface area (Å²) in [5, 5.41) is 5.88. The minimum absolute atomic E-state index is 0.0633. The SMILES string of the molecule is CN(CC(=O)Nc1ccc(Cl)c(C(F)(F)F)c1)C(=O)c1ccc(=O)n(Cc2ccccc2)n1. The number of nitrogens with one attached hydrogen (secondary N) is 1. The van der Waals surface area contributed by atoms with Crippen LogP contribution in [0.25, 0.3) is 0 Å². The first-order valence-electron chi connectivity index (χ1n) is 9.59. The van der Waals surface area contributed by atoms with Crippen LogP contribution in [0.5, 0.6) is 0 Å². The Balaban J connectivity index is 1.69. The molecule has 0 aliphatic rings. The highest BCUT2D eigenvalue weighted by Gasteiger charge is 2.33. The van der Waals surface area contributed by atoms with Crippen molar-refractivity contribution in [2.75, 3.05) is 18.9 Å². The van der Waals surface area contributed by atoms with Crippen LogP contribution in [0.4, 0.5) is 18.9 Å². The Morgan fingerprint density at radius 1 is 1.09 bits per heavy atom. The molecule has 0 fully saturated rings. The minimum atomic E-state index is -4.68. The number of likely N-dealkylation sites (N-methyl/N-ethyl adjacent to an activating group) is 1. The molecule has 2 aromatic carbocycles. The van der Waals surface area contributed by atoms with Crippen LogP contribution in [0.15, 0.2) is 65.5 Å². The van der Waals surface area contributed by atoms with E-state index in [1.54, 1.807) is 24.3 Å². The molecular weight excluding hydrogens is 461 g/mol. The molecule has 0 spiro atoms. The fourth-order valence-electron chi connectivity index (χ4n) is 2.94. The topological polar surface area (TPSA) is 84.3 Å². The standard InChI is InChI=1S/C22H18ClF3N4O3/c1-29(13-19(31)27-15-7-8-17(23)16(11-15)22(24,25)26)21(33)18-9-10-20(32)30(28-18)12-14-5-3-2-4-6-14/h2-11H,12-13H2,1H3,(H,27,31). The molecular formula is C22H18ClF3N4O3. The van der Waals surface area contributed by atoms with Crippen molar-refractivity contribution in [1.82, 2.24) is 14.7 Å². The maximum absolute atomic E-state index is 13.0. The van der Waals surface area contributed by atoms with E-state index in [1.807, 2.05) is 6.07 Å². The highest BCUT2D eigenvalue weighted by molar-refractivity contribution is 6.31. The summed E-state index contributed by atoms with van der Waals surface area (Å²) in [6.45, 7) is -0.300. The highest BCUT2D eigenvalue weighted by atomic mass is 35.5. The first-order valence-corrected chi connectivity index (χ1v) is 9.96. The van der Waals surface area contributed by atoms with Gasteiger partial charge >= 0.3 is 6.18 Å². The van der Waals surface area contributed by atoms with Gasteiger partial charge in [-0.2, -0.15) is 18.3 Å². The second kappa shape index (κ2) is 9.86. The van der Waals surface area contributed by atoms with Crippen molar-refractivity contribution in [1.29, 1.82) is 0 Å². The zero-order valence-electron chi connectivity index (χ0n) is 17.3. The third kappa shape index (κ3) is 6.19. The van der Waals surface area contributed by atoms with Crippen LogP contribution in [0, 0.1) is 0 Å². The Bertz CT molecular complexity index is 1230. The lowest BCUT2D eigenvalue weighted by molar-refractivity contribution is -0.137. The quantitative estimate of drug-likeness (QED) is 0.586. The number of alkyl halides is 3. The Labute approximate surface area is 191 Å². The van der Waals surface area contributed by atoms with E-state index in [0.717, 1.165) is 21.2 Å². The van der Waals surface area contributed by atoms with Crippen LogP contribution in [-0.2, 0) is 17.5 Å². The molecule has 3 aromatic rings. The van der Waals surface area contributed by atoms with Gasteiger partial charge < -0.3 is 10.2 Å². The van der Waals surface area contributed by atoms with Gasteiger partial charge in [-0.15, -0.1) is 0 Å². The molecule has 1 N–H and O–H groups in total. The zero-order chi connectivity index (χ0) is 24.2. The van der Waals surface area contributed by atoms with Crippen LogP contribution in [0.2, 0.25) is 5.02 Å². The molecule has 0 aliphatic carbocycles. The molecule has 0 radical (unpaired) electrons. The molecule has 2 amide bonds. The summed E-state index contributed by atoms with van der Waals surface area (Å²) in [7, 11) is 1.33. The monoisotopic (exact) mass is 478 g/mol. The molecule has 0 saturated carbocycles. The van der Waals surface area contributed by atoms with E-state index in [1.165, 1.54) is 25.2 Å². The normalized spacial score (nSPS) is 11.2. The number of nitrogens with zero attached hydrogens (tertiary/aromatic N) is 3. The molecule has 11 heteroatoms. The van der Waals surface area contributed by atoms with E-state index in [9.17, 15) is 27.6 Å². The molecule has 0 unspecified atom stereocenters. The Hall–Kier alpha value is -3.66. The highest BCUT2D eigenvalue weighted by Crippen LogP contribution is 2.36. The van der Waals surface area contributed by atoms with E-state index in [-0.39, 0.29) is 17.9 Å². The third-order valence-corrected chi connectivity index (χ3v) is 4.87. The molecule has 172 valence electrons. The first-order chi connectivity index (χ1) is 15.5. The number of amides is 2. The number of carbonyl (C=O) groups is 2. The van der Waals surface area contributed by atoms with Gasteiger partial charge in [-0.25, -0.2) is 4.68 Å². The number of carbonyl (C=O) groups excluding carboxylic acids is 2. The van der Waals surface area contributed by atoms with Crippen LogP contribution < -0.4 is 10.9 Å². The van der Waals surface area contributed by atoms with E-state index in [2.05, 4.69) is 10.4 Å². The lowest BCUT2D eigenvalue weighted by Crippen LogP contribution is -2.36. The largest absolute Gasteiger partial charge is 0.417 e. The maximum Gasteiger partial charge on any atom is 0.417 e. The fraction of sp³-hybridized carbons (Fsp3) is 0.182. The molecule has 7 nitrogen and oxygen atoms in total. The van der Waals surface area contributed by atoms with Gasteiger partial charge in [0.15, 0.2) is 0 Å². The Morgan fingerprint density at radius 2 is 1.79 bits per heavy atom. The average molecular weight is 479 g/mol. The molecule has 0 atom stereocenters. The second-order valence-electron chi connectivity index (χ2n) is 7.10. The summed E-state index contributed by atoms with van der Waals surface area (Å²) in [5.74, 6) is -1.36. The minimum Gasteiger partial charge on any atom is -0.331 e. The van der Waals surface area contributed by atoms with E-state index >= 15 is 0 Å². The maximum atomic E-state index is 13.0. The number of anilines is 1. The summed E-state index contributed by atoms with van der Waals surface area (Å²) in [4.78, 5) is 38.1. The van der Waals surface area contributed by atoms with E-state index in [4.69, 9.17) is 11.6 Å². The number of halogens is 4. The van der Waals surface area contributed by atoms with E-state index < -0.39 is 40.7 Å². The molecule has 33 heavy (non-hydrogen) atoms. The molecule has 0 saturated heterocycles. The van der Waals surface area contributed by atoms with Gasteiger partial charge in [0, 0.05) is 18.8 Å². The third-order valence-electron chi connectivity index (χ3n) is 4.54. The zero-order valence-corrected chi connectivity index (χ0v) is 18.0. The first kappa shape index (κ1) is 24.0. The number of benzene rings is 2. The predicted molar refractivity (Wildman–Crippen MR) is 116 cm³/mol. The van der Waals surface area contributed by atoms with Crippen molar-refractivity contribution in [3.05, 3.63) is 92.9 Å². The fourth-order valence-corrected chi connectivity index (χ4v) is 3.16. The van der Waals surface area contributed by atoms with Crippen molar-refractivity contribution in [2.45, 2.75) is 12.7 Å². The number of hydrogen-bond donors (Lipinski definition) is 1. The lowest BCUT2D eigenvalue weighted by Gasteiger charge is -2.17. The molecule has 1 aromatic heterocycles. The van der Waals surface area contributed by atoms with Crippen LogP contribution in [-0.4, -0.2) is 40.1 Å². The number of rotatable bonds is 6. The smallest absolute Gasteiger partial charge is 0.331 e. The summed E-state index contributed by atoms with van der Waals surface area (Å²) in [6.07, 6.45) is -4.68. The van der Waals surface area contributed by atoms with Crippen molar-refractivity contribution in [2.24, 2.45) is 0 Å². The van der Waals surface area contributed by atoms with Crippen LogP contribution in [0.3, 0.4) is 0 Å². The van der Waals surface area contributed by atoms with Gasteiger partial charge in [-0.1, -0.05) is 41.9 Å². The average Bonchev–Trinajstić information content (AvgIpc) is 2.76. The Kier molecular flexibility index (Phi) is 7.17. The van der Waals surface area contributed by atoms with Gasteiger partial charge in [-0.05, 0) is 29.8 Å². The number of hydrogen-bond acceptors (Lipinski definition) is 4. The van der Waals surface area contributed by atoms with Gasteiger partial charge in [0.1, 0.15) is 5.69 Å². The predicted octanol–water partition coefficient (Wildman–Crippen LogP) is 3.67. The van der Waals surface area contributed by atoms with Crippen molar-refractivity contribution in [3.63, 3.8) is 0 Å². The van der Waals surface area contributed by atoms with Crippen molar-refractivity contribution >= 4 is 29.1 Å². The van der Waals surface area contributed by atoms with E-state index in [0.29, 0.717) is 6.07 Å². The van der Waals surface area contributed by atoms with Crippen LogP contribution >= 0.6 is 11.6 Å². The summed E-state index contributed by atoms with van der Waals surface area (Å²) in [5.41, 5.74) is -0.861. The van der Waals surface area contributed by atoms with Gasteiger partial charge in [0.05, 0.1) is 23.7 Å². The molecule has 0 aliphatic heterocycles. The van der Waals surface area contributed by atoms with Crippen molar-refractivity contribution in [3.8, 4) is 0 Å². The second-order valence-corrected chi connectivity index (χ2v) is 7.51. The summed E-state index contributed by atoms with van der Waals surface area (Å²) >= 11 is 5.57. The Morgan fingerprint density at radius 3 is 2.45 bits per heavy atom. The lowest BCUT2D eigenvalue weighted by atomic mass is 10.2. The van der Waals surface area contributed by atoms with Crippen molar-refractivity contribution < 1.29 is 22.8 Å².